The highest BCUT2D eigenvalue weighted by Gasteiger charge is 2.35. The SMILES string of the molecule is COc1cc(C)c(Br)c(C2(N)CCCCC2)c1O. The molecule has 1 aliphatic rings. The number of phenolic OH excluding ortho intramolecular Hbond substituents is 1. The fraction of sp³-hybridized carbons (Fsp3) is 0.571. The zero-order valence-corrected chi connectivity index (χ0v) is 12.5. The van der Waals surface area contributed by atoms with Crippen LogP contribution in [0.1, 0.15) is 43.2 Å². The van der Waals surface area contributed by atoms with Gasteiger partial charge in [-0.05, 0) is 31.4 Å². The second-order valence-corrected chi connectivity index (χ2v) is 5.94. The van der Waals surface area contributed by atoms with Crippen LogP contribution in [0.5, 0.6) is 11.5 Å². The van der Waals surface area contributed by atoms with Crippen molar-refractivity contribution in [2.24, 2.45) is 5.73 Å². The molecule has 1 saturated carbocycles. The van der Waals surface area contributed by atoms with Gasteiger partial charge in [-0.1, -0.05) is 35.2 Å². The molecule has 4 heteroatoms. The summed E-state index contributed by atoms with van der Waals surface area (Å²) in [7, 11) is 1.57. The van der Waals surface area contributed by atoms with Gasteiger partial charge in [-0.25, -0.2) is 0 Å². The Kier molecular flexibility index (Phi) is 3.87. The maximum Gasteiger partial charge on any atom is 0.163 e. The Balaban J connectivity index is 2.58. The molecule has 0 spiro atoms. The van der Waals surface area contributed by atoms with Gasteiger partial charge in [0.05, 0.1) is 7.11 Å². The van der Waals surface area contributed by atoms with Gasteiger partial charge in [0.1, 0.15) is 0 Å². The Morgan fingerprint density at radius 1 is 1.33 bits per heavy atom. The Morgan fingerprint density at radius 3 is 2.50 bits per heavy atom. The highest BCUT2D eigenvalue weighted by molar-refractivity contribution is 9.10. The smallest absolute Gasteiger partial charge is 0.163 e. The minimum atomic E-state index is -0.444. The molecule has 3 nitrogen and oxygen atoms in total. The third-order valence-electron chi connectivity index (χ3n) is 3.85. The summed E-state index contributed by atoms with van der Waals surface area (Å²) in [5.74, 6) is 0.681. The van der Waals surface area contributed by atoms with E-state index in [-0.39, 0.29) is 5.75 Å². The highest BCUT2D eigenvalue weighted by Crippen LogP contribution is 2.47. The summed E-state index contributed by atoms with van der Waals surface area (Å²) in [6, 6.07) is 1.83. The Bertz CT molecular complexity index is 454. The number of aromatic hydroxyl groups is 1. The third-order valence-corrected chi connectivity index (χ3v) is 4.87. The summed E-state index contributed by atoms with van der Waals surface area (Å²) >= 11 is 3.57. The minimum absolute atomic E-state index is 0.180. The lowest BCUT2D eigenvalue weighted by Crippen LogP contribution is -2.39. The summed E-state index contributed by atoms with van der Waals surface area (Å²) in [5, 5.41) is 10.4. The molecule has 18 heavy (non-hydrogen) atoms. The normalized spacial score (nSPS) is 18.7. The number of ether oxygens (including phenoxy) is 1. The monoisotopic (exact) mass is 313 g/mol. The first-order chi connectivity index (χ1) is 8.49. The van der Waals surface area contributed by atoms with Crippen LogP contribution in [0.25, 0.3) is 0 Å². The van der Waals surface area contributed by atoms with Gasteiger partial charge in [-0.15, -0.1) is 0 Å². The number of aryl methyl sites for hydroxylation is 1. The quantitative estimate of drug-likeness (QED) is 0.877. The molecule has 0 aliphatic heterocycles. The first kappa shape index (κ1) is 13.7. The summed E-state index contributed by atoms with van der Waals surface area (Å²) in [5.41, 5.74) is 7.93. The molecule has 0 aromatic heterocycles. The van der Waals surface area contributed by atoms with Gasteiger partial charge < -0.3 is 15.6 Å². The predicted molar refractivity (Wildman–Crippen MR) is 76.0 cm³/mol. The zero-order valence-electron chi connectivity index (χ0n) is 10.9. The van der Waals surface area contributed by atoms with Crippen LogP contribution < -0.4 is 10.5 Å². The van der Waals surface area contributed by atoms with Crippen molar-refractivity contribution in [2.75, 3.05) is 7.11 Å². The first-order valence-corrected chi connectivity index (χ1v) is 7.14. The highest BCUT2D eigenvalue weighted by atomic mass is 79.9. The molecule has 1 fully saturated rings. The summed E-state index contributed by atoms with van der Waals surface area (Å²) in [6.07, 6.45) is 5.26. The van der Waals surface area contributed by atoms with E-state index in [0.717, 1.165) is 41.3 Å². The van der Waals surface area contributed by atoms with E-state index in [0.29, 0.717) is 5.75 Å². The van der Waals surface area contributed by atoms with E-state index in [2.05, 4.69) is 15.9 Å². The van der Waals surface area contributed by atoms with E-state index in [1.807, 2.05) is 13.0 Å². The number of methoxy groups -OCH3 is 1. The van der Waals surface area contributed by atoms with Gasteiger partial charge in [0.15, 0.2) is 11.5 Å². The molecule has 0 saturated heterocycles. The van der Waals surface area contributed by atoms with E-state index in [1.54, 1.807) is 7.11 Å². The molecule has 0 radical (unpaired) electrons. The third kappa shape index (κ3) is 2.24. The van der Waals surface area contributed by atoms with Crippen LogP contribution in [0.2, 0.25) is 0 Å². The number of phenols is 1. The van der Waals surface area contributed by atoms with Crippen molar-refractivity contribution >= 4 is 15.9 Å². The predicted octanol–water partition coefficient (Wildman–Crippen LogP) is 3.59. The van der Waals surface area contributed by atoms with Crippen molar-refractivity contribution in [3.8, 4) is 11.5 Å². The molecule has 100 valence electrons. The number of hydrogen-bond acceptors (Lipinski definition) is 3. The average Bonchev–Trinajstić information content (AvgIpc) is 2.34. The van der Waals surface area contributed by atoms with E-state index in [1.165, 1.54) is 6.42 Å². The number of benzene rings is 1. The summed E-state index contributed by atoms with van der Waals surface area (Å²) in [6.45, 7) is 1.99. The minimum Gasteiger partial charge on any atom is -0.504 e. The maximum atomic E-state index is 10.4. The lowest BCUT2D eigenvalue weighted by molar-refractivity contribution is 0.285. The molecule has 2 rings (SSSR count). The van der Waals surface area contributed by atoms with Crippen LogP contribution in [0.15, 0.2) is 10.5 Å². The molecule has 0 amide bonds. The molecule has 1 aromatic rings. The Labute approximate surface area is 116 Å². The van der Waals surface area contributed by atoms with Crippen molar-refractivity contribution in [3.05, 3.63) is 21.7 Å². The first-order valence-electron chi connectivity index (χ1n) is 6.35. The van der Waals surface area contributed by atoms with Crippen LogP contribution in [-0.4, -0.2) is 12.2 Å². The van der Waals surface area contributed by atoms with Crippen molar-refractivity contribution in [1.82, 2.24) is 0 Å². The van der Waals surface area contributed by atoms with E-state index < -0.39 is 5.54 Å². The average molecular weight is 314 g/mol. The summed E-state index contributed by atoms with van der Waals surface area (Å²) in [4.78, 5) is 0. The topological polar surface area (TPSA) is 55.5 Å². The fourth-order valence-corrected chi connectivity index (χ4v) is 3.49. The largest absolute Gasteiger partial charge is 0.504 e. The van der Waals surface area contributed by atoms with Gasteiger partial charge in [0.2, 0.25) is 0 Å². The van der Waals surface area contributed by atoms with Gasteiger partial charge in [0, 0.05) is 15.6 Å². The number of halogens is 1. The van der Waals surface area contributed by atoms with Gasteiger partial charge in [0.25, 0.3) is 0 Å². The zero-order chi connectivity index (χ0) is 13.3. The molecule has 0 heterocycles. The maximum absolute atomic E-state index is 10.4. The molecule has 1 aliphatic carbocycles. The lowest BCUT2D eigenvalue weighted by Gasteiger charge is -2.35. The van der Waals surface area contributed by atoms with E-state index in [9.17, 15) is 5.11 Å². The van der Waals surface area contributed by atoms with Crippen molar-refractivity contribution in [1.29, 1.82) is 0 Å². The number of rotatable bonds is 2. The van der Waals surface area contributed by atoms with Crippen molar-refractivity contribution in [3.63, 3.8) is 0 Å². The van der Waals surface area contributed by atoms with Crippen LogP contribution in [0, 0.1) is 6.92 Å². The van der Waals surface area contributed by atoms with Crippen LogP contribution in [-0.2, 0) is 5.54 Å². The van der Waals surface area contributed by atoms with Crippen molar-refractivity contribution < 1.29 is 9.84 Å². The second kappa shape index (κ2) is 5.10. The van der Waals surface area contributed by atoms with Gasteiger partial charge in [-0.2, -0.15) is 0 Å². The molecular weight excluding hydrogens is 294 g/mol. The Hall–Kier alpha value is -0.740. The fourth-order valence-electron chi connectivity index (χ4n) is 2.80. The van der Waals surface area contributed by atoms with Crippen LogP contribution in [0.3, 0.4) is 0 Å². The molecule has 1 aromatic carbocycles. The molecule has 0 atom stereocenters. The molecular formula is C14H20BrNO2. The number of hydrogen-bond donors (Lipinski definition) is 2. The van der Waals surface area contributed by atoms with Crippen LogP contribution in [0.4, 0.5) is 0 Å². The second-order valence-electron chi connectivity index (χ2n) is 5.15. The van der Waals surface area contributed by atoms with E-state index in [4.69, 9.17) is 10.5 Å². The number of nitrogens with two attached hydrogens (primary N) is 1. The summed E-state index contributed by atoms with van der Waals surface area (Å²) < 4.78 is 6.14. The van der Waals surface area contributed by atoms with Gasteiger partial charge in [-0.3, -0.25) is 0 Å². The van der Waals surface area contributed by atoms with Crippen molar-refractivity contribution in [2.45, 2.75) is 44.6 Å². The Morgan fingerprint density at radius 2 is 1.94 bits per heavy atom. The lowest BCUT2D eigenvalue weighted by atomic mass is 9.76. The standard InChI is InChI=1S/C14H20BrNO2/c1-9-8-10(18-2)13(17)11(12(9)15)14(16)6-4-3-5-7-14/h8,17H,3-7,16H2,1-2H3. The van der Waals surface area contributed by atoms with E-state index >= 15 is 0 Å². The molecule has 0 unspecified atom stereocenters. The van der Waals surface area contributed by atoms with Gasteiger partial charge >= 0.3 is 0 Å². The molecule has 3 N–H and O–H groups in total. The molecule has 0 bridgehead atoms. The van der Waals surface area contributed by atoms with Crippen LogP contribution >= 0.6 is 15.9 Å².